The van der Waals surface area contributed by atoms with Crippen molar-refractivity contribution in [2.45, 2.75) is 52.6 Å². The van der Waals surface area contributed by atoms with E-state index in [1.807, 2.05) is 0 Å². The van der Waals surface area contributed by atoms with Gasteiger partial charge in [-0.3, -0.25) is 0 Å². The smallest absolute Gasteiger partial charge is 0.0999 e. The Morgan fingerprint density at radius 3 is 0.698 bits per heavy atom. The second-order valence-corrected chi connectivity index (χ2v) is 26.3. The van der Waals surface area contributed by atoms with Gasteiger partial charge in [0.15, 0.2) is 0 Å². The van der Waals surface area contributed by atoms with Crippen molar-refractivity contribution in [3.05, 3.63) is 338 Å². The molecule has 4 heterocycles. The van der Waals surface area contributed by atoms with Crippen LogP contribution in [0.4, 0.5) is 89.6 Å². The van der Waals surface area contributed by atoms with Crippen molar-refractivity contribution in [3.63, 3.8) is 0 Å². The molecule has 468 valence electrons. The fourth-order valence-corrected chi connectivity index (χ4v) is 15.3. The van der Waals surface area contributed by atoms with E-state index < -0.39 is 0 Å². The third-order valence-corrected chi connectivity index (χ3v) is 20.3. The highest BCUT2D eigenvalue weighted by atomic mass is 32.1. The van der Waals surface area contributed by atoms with Gasteiger partial charge >= 0.3 is 0 Å². The van der Waals surface area contributed by atoms with E-state index in [1.165, 1.54) is 77.3 Å². The topological polar surface area (TPSA) is 19.4 Å². The normalized spacial score (nSPS) is 12.3. The molecule has 0 amide bonds. The van der Waals surface area contributed by atoms with Gasteiger partial charge in [-0.15, -0.1) is 22.7 Å². The van der Waals surface area contributed by atoms with Crippen LogP contribution in [-0.2, 0) is 0 Å². The first-order valence-corrected chi connectivity index (χ1v) is 35.1. The van der Waals surface area contributed by atoms with E-state index in [0.29, 0.717) is 6.04 Å². The van der Waals surface area contributed by atoms with E-state index in [-0.39, 0.29) is 6.04 Å². The van der Waals surface area contributed by atoms with E-state index in [1.54, 1.807) is 22.7 Å². The van der Waals surface area contributed by atoms with Gasteiger partial charge in [0, 0.05) is 114 Å². The minimum Gasteiger partial charge on any atom is -0.338 e. The molecule has 2 atom stereocenters. The third kappa shape index (κ3) is 11.8. The van der Waals surface area contributed by atoms with Gasteiger partial charge in [0.2, 0.25) is 0 Å². The fraction of sp³-hybridized carbons (Fsp3) is 0.0909. The third-order valence-electron chi connectivity index (χ3n) is 18.6. The zero-order valence-electron chi connectivity index (χ0n) is 54.4. The van der Waals surface area contributed by atoms with Crippen molar-refractivity contribution < 1.29 is 0 Å². The molecule has 12 aromatic carbocycles. The average Bonchev–Trinajstić information content (AvgIpc) is 1.58. The van der Waals surface area contributed by atoms with Crippen LogP contribution in [0.3, 0.4) is 0 Å². The van der Waals surface area contributed by atoms with Gasteiger partial charge in [-0.2, -0.15) is 0 Å². The SMILES string of the molecule is CCC(C)N1c2ccc(N(c3ccccc3)c3ccccc3)cc2-c2ccccc2-c2cc(N(c3ccccc3)c3ccccc3)ccc21.CCC(C)N1c2ccc(N(c3ccccc3)c3cccs3)cc2-c2ccccc2-c2cc(N(c3ccccc3)c3cccs3)ccc21. The number of hydrogen-bond acceptors (Lipinski definition) is 8. The lowest BCUT2D eigenvalue weighted by atomic mass is 9.93. The number of fused-ring (bicyclic) bond motifs is 10. The van der Waals surface area contributed by atoms with Crippen molar-refractivity contribution in [1.29, 1.82) is 0 Å². The summed E-state index contributed by atoms with van der Waals surface area (Å²) in [5.41, 5.74) is 26.2. The summed E-state index contributed by atoms with van der Waals surface area (Å²) in [6.45, 7) is 9.25. The van der Waals surface area contributed by atoms with Crippen molar-refractivity contribution in [3.8, 4) is 44.5 Å². The summed E-state index contributed by atoms with van der Waals surface area (Å²) in [4.78, 5) is 14.6. The molecule has 96 heavy (non-hydrogen) atoms. The van der Waals surface area contributed by atoms with E-state index in [4.69, 9.17) is 0 Å². The Labute approximate surface area is 573 Å². The van der Waals surface area contributed by atoms with E-state index >= 15 is 0 Å². The number of rotatable bonds is 16. The molecule has 6 nitrogen and oxygen atoms in total. The Kier molecular flexibility index (Phi) is 17.4. The van der Waals surface area contributed by atoms with Crippen LogP contribution in [0.5, 0.6) is 0 Å². The van der Waals surface area contributed by atoms with Crippen LogP contribution in [0.25, 0.3) is 44.5 Å². The molecule has 0 saturated heterocycles. The second-order valence-electron chi connectivity index (χ2n) is 24.4. The summed E-state index contributed by atoms with van der Waals surface area (Å²) in [7, 11) is 0. The largest absolute Gasteiger partial charge is 0.338 e. The summed E-state index contributed by atoms with van der Waals surface area (Å²) in [5.74, 6) is 0. The Morgan fingerprint density at radius 1 is 0.240 bits per heavy atom. The Hall–Kier alpha value is -11.2. The lowest BCUT2D eigenvalue weighted by Crippen LogP contribution is -2.28. The lowest BCUT2D eigenvalue weighted by Gasteiger charge is -2.34. The average molecular weight is 1280 g/mol. The summed E-state index contributed by atoms with van der Waals surface area (Å²) in [6, 6.07) is 119. The zero-order chi connectivity index (χ0) is 64.9. The molecule has 2 aromatic heterocycles. The van der Waals surface area contributed by atoms with Crippen LogP contribution in [0.15, 0.2) is 338 Å². The highest BCUT2D eigenvalue weighted by Crippen LogP contribution is 2.55. The number of anilines is 16. The van der Waals surface area contributed by atoms with Gasteiger partial charge < -0.3 is 29.4 Å². The van der Waals surface area contributed by atoms with Crippen LogP contribution in [0, 0.1) is 0 Å². The minimum absolute atomic E-state index is 0.280. The monoisotopic (exact) mass is 1280 g/mol. The highest BCUT2D eigenvalue weighted by molar-refractivity contribution is 7.14. The van der Waals surface area contributed by atoms with Gasteiger partial charge in [0.1, 0.15) is 0 Å². The number of thiophene rings is 2. The molecule has 16 rings (SSSR count). The maximum absolute atomic E-state index is 2.56. The Bertz CT molecular complexity index is 4530. The maximum Gasteiger partial charge on any atom is 0.0999 e. The maximum atomic E-state index is 2.56. The molecule has 2 unspecified atom stereocenters. The number of para-hydroxylation sites is 6. The predicted octanol–water partition coefficient (Wildman–Crippen LogP) is 26.5. The van der Waals surface area contributed by atoms with Gasteiger partial charge in [-0.05, 0) is 230 Å². The molecule has 0 aliphatic carbocycles. The number of benzene rings is 12. The van der Waals surface area contributed by atoms with Gasteiger partial charge in [0.05, 0.1) is 10.0 Å². The van der Waals surface area contributed by atoms with Crippen molar-refractivity contribution in [1.82, 2.24) is 0 Å². The Morgan fingerprint density at radius 2 is 0.469 bits per heavy atom. The number of hydrogen-bond donors (Lipinski definition) is 0. The minimum atomic E-state index is 0.280. The first-order valence-electron chi connectivity index (χ1n) is 33.3. The van der Waals surface area contributed by atoms with Crippen molar-refractivity contribution in [2.75, 3.05) is 29.4 Å². The zero-order valence-corrected chi connectivity index (χ0v) is 56.0. The standard InChI is InChI=1S/C46H39N3.C42H35N3S2/c1-3-34(2)47-45-30-28-39(48(35-18-8-4-9-19-35)36-20-10-5-11-21-36)32-43(45)41-26-16-17-27-42(41)44-33-40(29-31-46(44)47)49(37-22-12-6-13-23-37)38-24-14-7-15-25-38;1-3-30(2)43-39-24-22-33(44(41-20-12-26-46-41)31-14-6-4-7-15-31)28-37(39)35-18-10-11-19-36(35)38-29-34(23-25-40(38)43)45(42-21-13-27-47-42)32-16-8-5-9-17-32/h4-34H,3H2,1-2H3;4-30H,3H2,1-2H3. The molecule has 0 radical (unpaired) electrons. The van der Waals surface area contributed by atoms with Crippen LogP contribution in [0.1, 0.15) is 40.5 Å². The second kappa shape index (κ2) is 27.4. The molecule has 14 aromatic rings. The summed E-state index contributed by atoms with van der Waals surface area (Å²) >= 11 is 3.52. The van der Waals surface area contributed by atoms with E-state index in [0.717, 1.165) is 69.7 Å². The first kappa shape index (κ1) is 61.0. The summed E-state index contributed by atoms with van der Waals surface area (Å²) in [5, 5.41) is 6.69. The van der Waals surface area contributed by atoms with Crippen molar-refractivity contribution >= 4 is 112 Å². The van der Waals surface area contributed by atoms with Crippen molar-refractivity contribution in [2.24, 2.45) is 0 Å². The molecule has 2 aliphatic heterocycles. The molecule has 0 spiro atoms. The van der Waals surface area contributed by atoms with Gasteiger partial charge in [0.25, 0.3) is 0 Å². The van der Waals surface area contributed by atoms with Crippen LogP contribution >= 0.6 is 22.7 Å². The van der Waals surface area contributed by atoms with Crippen LogP contribution in [0.2, 0.25) is 0 Å². The summed E-state index contributed by atoms with van der Waals surface area (Å²) < 4.78 is 0. The summed E-state index contributed by atoms with van der Waals surface area (Å²) in [6.07, 6.45) is 2.04. The van der Waals surface area contributed by atoms with Crippen LogP contribution < -0.4 is 29.4 Å². The van der Waals surface area contributed by atoms with E-state index in [2.05, 4.69) is 395 Å². The molecule has 0 N–H and O–H groups in total. The highest BCUT2D eigenvalue weighted by Gasteiger charge is 2.32. The Balaban J connectivity index is 0.000000158. The van der Waals surface area contributed by atoms with Crippen LogP contribution in [-0.4, -0.2) is 12.1 Å². The quantitative estimate of drug-likeness (QED) is 0.0953. The molecule has 0 fully saturated rings. The first-order chi connectivity index (χ1) is 47.4. The molecular weight excluding hydrogens is 1210 g/mol. The fourth-order valence-electron chi connectivity index (χ4n) is 13.8. The van der Waals surface area contributed by atoms with E-state index in [9.17, 15) is 0 Å². The molecule has 8 heteroatoms. The van der Waals surface area contributed by atoms with Gasteiger partial charge in [-0.25, -0.2) is 0 Å². The lowest BCUT2D eigenvalue weighted by molar-refractivity contribution is 0.689. The number of nitrogens with zero attached hydrogens (tertiary/aromatic N) is 6. The molecular formula is C88H74N6S2. The van der Waals surface area contributed by atoms with Gasteiger partial charge in [-0.1, -0.05) is 172 Å². The predicted molar refractivity (Wildman–Crippen MR) is 413 cm³/mol. The molecule has 0 saturated carbocycles. The molecule has 2 aliphatic rings. The molecule has 0 bridgehead atoms.